The van der Waals surface area contributed by atoms with Gasteiger partial charge >= 0.3 is 6.03 Å². The molecule has 4 rings (SSSR count). The molecule has 0 bridgehead atoms. The number of nitrogens with one attached hydrogen (secondary N) is 1. The molecule has 4 amide bonds. The molecule has 1 aliphatic rings. The summed E-state index contributed by atoms with van der Waals surface area (Å²) in [5.74, 6) is -0.877. The van der Waals surface area contributed by atoms with Crippen LogP contribution in [0.15, 0.2) is 78.4 Å². The van der Waals surface area contributed by atoms with Crippen LogP contribution in [0.25, 0.3) is 6.08 Å². The van der Waals surface area contributed by atoms with Crippen molar-refractivity contribution in [2.24, 2.45) is 0 Å². The zero-order valence-corrected chi connectivity index (χ0v) is 17.9. The van der Waals surface area contributed by atoms with E-state index in [1.807, 2.05) is 31.2 Å². The van der Waals surface area contributed by atoms with Crippen LogP contribution in [0.5, 0.6) is 5.75 Å². The summed E-state index contributed by atoms with van der Waals surface area (Å²) >= 11 is 5.89. The van der Waals surface area contributed by atoms with E-state index in [1.165, 1.54) is 23.8 Å². The van der Waals surface area contributed by atoms with Gasteiger partial charge in [0.05, 0.1) is 5.69 Å². The topological polar surface area (TPSA) is 75.7 Å². The third-order valence-corrected chi connectivity index (χ3v) is 5.13. The van der Waals surface area contributed by atoms with Crippen LogP contribution in [-0.4, -0.2) is 17.8 Å². The second kappa shape index (κ2) is 9.08. The molecule has 6 nitrogen and oxygen atoms in total. The molecule has 3 aromatic rings. The molecule has 7 heteroatoms. The van der Waals surface area contributed by atoms with Gasteiger partial charge in [-0.15, -0.1) is 0 Å². The van der Waals surface area contributed by atoms with Crippen molar-refractivity contribution in [1.82, 2.24) is 5.32 Å². The van der Waals surface area contributed by atoms with Gasteiger partial charge in [-0.05, 0) is 60.5 Å². The molecule has 1 saturated heterocycles. The molecule has 32 heavy (non-hydrogen) atoms. The first-order valence-corrected chi connectivity index (χ1v) is 10.2. The van der Waals surface area contributed by atoms with Gasteiger partial charge in [-0.3, -0.25) is 14.9 Å². The fourth-order valence-electron chi connectivity index (χ4n) is 3.19. The summed E-state index contributed by atoms with van der Waals surface area (Å²) in [7, 11) is 0. The van der Waals surface area contributed by atoms with Crippen LogP contribution < -0.4 is 15.0 Å². The lowest BCUT2D eigenvalue weighted by molar-refractivity contribution is -0.122. The number of hydrogen-bond acceptors (Lipinski definition) is 4. The zero-order chi connectivity index (χ0) is 22.7. The van der Waals surface area contributed by atoms with Crippen molar-refractivity contribution in [2.75, 3.05) is 4.90 Å². The molecule has 1 heterocycles. The Morgan fingerprint density at radius 3 is 2.41 bits per heavy atom. The molecular formula is C25H19ClN2O4. The molecule has 1 N–H and O–H groups in total. The summed E-state index contributed by atoms with van der Waals surface area (Å²) < 4.78 is 5.84. The molecular weight excluding hydrogens is 428 g/mol. The number of nitrogens with zero attached hydrogens (tertiary/aromatic N) is 1. The van der Waals surface area contributed by atoms with E-state index in [9.17, 15) is 14.4 Å². The van der Waals surface area contributed by atoms with Crippen molar-refractivity contribution in [1.29, 1.82) is 0 Å². The predicted octanol–water partition coefficient (Wildman–Crippen LogP) is 4.89. The molecule has 0 saturated carbocycles. The average Bonchev–Trinajstić information content (AvgIpc) is 2.78. The summed E-state index contributed by atoms with van der Waals surface area (Å²) in [6.07, 6.45) is 1.44. The lowest BCUT2D eigenvalue weighted by atomic mass is 10.1. The van der Waals surface area contributed by atoms with Crippen molar-refractivity contribution in [3.8, 4) is 5.75 Å². The Hall–Kier alpha value is -3.90. The molecule has 0 unspecified atom stereocenters. The van der Waals surface area contributed by atoms with Crippen LogP contribution in [0.3, 0.4) is 0 Å². The fraction of sp³-hybridized carbons (Fsp3) is 0.0800. The van der Waals surface area contributed by atoms with Gasteiger partial charge in [-0.1, -0.05) is 53.6 Å². The van der Waals surface area contributed by atoms with Gasteiger partial charge in [0.25, 0.3) is 11.8 Å². The number of barbiturate groups is 1. The highest BCUT2D eigenvalue weighted by atomic mass is 35.5. The third kappa shape index (κ3) is 4.71. The normalized spacial score (nSPS) is 15.1. The van der Waals surface area contributed by atoms with E-state index in [1.54, 1.807) is 36.4 Å². The minimum absolute atomic E-state index is 0.157. The maximum absolute atomic E-state index is 13.0. The Morgan fingerprint density at radius 2 is 1.69 bits per heavy atom. The second-order valence-electron chi connectivity index (χ2n) is 7.28. The molecule has 0 aromatic heterocycles. The van der Waals surface area contributed by atoms with E-state index in [-0.39, 0.29) is 5.57 Å². The lowest BCUT2D eigenvalue weighted by Crippen LogP contribution is -2.54. The summed E-state index contributed by atoms with van der Waals surface area (Å²) in [6, 6.07) is 20.4. The van der Waals surface area contributed by atoms with Gasteiger partial charge in [-0.2, -0.15) is 0 Å². The van der Waals surface area contributed by atoms with E-state index in [2.05, 4.69) is 5.32 Å². The number of urea groups is 1. The Labute approximate surface area is 190 Å². The number of ether oxygens (including phenoxy) is 1. The molecule has 160 valence electrons. The number of aryl methyl sites for hydroxylation is 1. The Morgan fingerprint density at radius 1 is 0.969 bits per heavy atom. The summed E-state index contributed by atoms with van der Waals surface area (Å²) in [6.45, 7) is 2.41. The summed E-state index contributed by atoms with van der Waals surface area (Å²) in [5.41, 5.74) is 2.94. The first kappa shape index (κ1) is 21.3. The van der Waals surface area contributed by atoms with Gasteiger partial charge in [0.15, 0.2) is 0 Å². The first-order valence-electron chi connectivity index (χ1n) is 9.86. The van der Waals surface area contributed by atoms with E-state index in [4.69, 9.17) is 16.3 Å². The van der Waals surface area contributed by atoms with Gasteiger partial charge in [-0.25, -0.2) is 9.69 Å². The SMILES string of the molecule is Cc1ccc(COc2cccc(C=C3C(=O)NC(=O)N(c4ccc(Cl)cc4)C3=O)c2)cc1. The number of hydrogen-bond donors (Lipinski definition) is 1. The maximum atomic E-state index is 13.0. The standard InChI is InChI=1S/C25H19ClN2O4/c1-16-5-7-17(8-6-16)15-32-21-4-2-3-18(13-21)14-22-23(29)27-25(31)28(24(22)30)20-11-9-19(26)10-12-20/h2-14H,15H2,1H3,(H,27,29,31). The predicted molar refractivity (Wildman–Crippen MR) is 122 cm³/mol. The molecule has 1 aliphatic heterocycles. The van der Waals surface area contributed by atoms with Gasteiger partial charge < -0.3 is 4.74 Å². The molecule has 0 spiro atoms. The highest BCUT2D eigenvalue weighted by molar-refractivity contribution is 6.39. The highest BCUT2D eigenvalue weighted by Gasteiger charge is 2.36. The Bertz CT molecular complexity index is 1220. The maximum Gasteiger partial charge on any atom is 0.335 e. The average molecular weight is 447 g/mol. The molecule has 0 atom stereocenters. The van der Waals surface area contributed by atoms with Crippen molar-refractivity contribution in [3.05, 3.63) is 100 Å². The Balaban J connectivity index is 1.56. The summed E-state index contributed by atoms with van der Waals surface area (Å²) in [5, 5.41) is 2.67. The minimum atomic E-state index is -0.811. The van der Waals surface area contributed by atoms with Crippen molar-refractivity contribution in [3.63, 3.8) is 0 Å². The number of halogens is 1. The third-order valence-electron chi connectivity index (χ3n) is 4.88. The lowest BCUT2D eigenvalue weighted by Gasteiger charge is -2.26. The molecule has 1 fully saturated rings. The second-order valence-corrected chi connectivity index (χ2v) is 7.72. The monoisotopic (exact) mass is 446 g/mol. The van der Waals surface area contributed by atoms with Crippen molar-refractivity contribution >= 4 is 41.2 Å². The van der Waals surface area contributed by atoms with Crippen LogP contribution in [-0.2, 0) is 16.2 Å². The van der Waals surface area contributed by atoms with Crippen LogP contribution in [0, 0.1) is 6.92 Å². The fourth-order valence-corrected chi connectivity index (χ4v) is 3.32. The van der Waals surface area contributed by atoms with Crippen LogP contribution in [0.4, 0.5) is 10.5 Å². The smallest absolute Gasteiger partial charge is 0.335 e. The number of carbonyl (C=O) groups excluding carboxylic acids is 3. The van der Waals surface area contributed by atoms with Crippen molar-refractivity contribution < 1.29 is 19.1 Å². The zero-order valence-electron chi connectivity index (χ0n) is 17.2. The largest absolute Gasteiger partial charge is 0.489 e. The van der Waals surface area contributed by atoms with Gasteiger partial charge in [0, 0.05) is 5.02 Å². The van der Waals surface area contributed by atoms with E-state index >= 15 is 0 Å². The number of anilines is 1. The highest BCUT2D eigenvalue weighted by Crippen LogP contribution is 2.24. The molecule has 0 aliphatic carbocycles. The minimum Gasteiger partial charge on any atom is -0.489 e. The number of rotatable bonds is 5. The molecule has 0 radical (unpaired) electrons. The Kier molecular flexibility index (Phi) is 6.05. The van der Waals surface area contributed by atoms with Gasteiger partial charge in [0.2, 0.25) is 0 Å². The number of carbonyl (C=O) groups is 3. The van der Waals surface area contributed by atoms with Crippen LogP contribution >= 0.6 is 11.6 Å². The molecule has 3 aromatic carbocycles. The summed E-state index contributed by atoms with van der Waals surface area (Å²) in [4.78, 5) is 38.5. The van der Waals surface area contributed by atoms with Crippen LogP contribution in [0.1, 0.15) is 16.7 Å². The van der Waals surface area contributed by atoms with E-state index in [0.29, 0.717) is 28.6 Å². The van der Waals surface area contributed by atoms with Crippen LogP contribution in [0.2, 0.25) is 5.02 Å². The number of amides is 4. The quantitative estimate of drug-likeness (QED) is 0.447. The number of imide groups is 2. The van der Waals surface area contributed by atoms with Gasteiger partial charge in [0.1, 0.15) is 17.9 Å². The number of benzene rings is 3. The van der Waals surface area contributed by atoms with Crippen molar-refractivity contribution in [2.45, 2.75) is 13.5 Å². The van der Waals surface area contributed by atoms with E-state index in [0.717, 1.165) is 10.5 Å². The first-order chi connectivity index (χ1) is 15.4. The van der Waals surface area contributed by atoms with E-state index < -0.39 is 17.8 Å².